The molecule has 0 spiro atoms. The number of furan rings is 1. The molecule has 1 aromatic carbocycles. The Morgan fingerprint density at radius 1 is 1.12 bits per heavy atom. The topological polar surface area (TPSA) is 50.4 Å². The molecule has 0 aliphatic rings. The summed E-state index contributed by atoms with van der Waals surface area (Å²) < 4.78 is 29.5. The molecule has 88 valence electrons. The van der Waals surface area contributed by atoms with Crippen molar-refractivity contribution in [2.75, 3.05) is 0 Å². The van der Waals surface area contributed by atoms with Gasteiger partial charge in [0.15, 0.2) is 5.76 Å². The Bertz CT molecular complexity index is 529. The molecule has 2 rings (SSSR count). The zero-order valence-corrected chi connectivity index (χ0v) is 8.56. The van der Waals surface area contributed by atoms with Crippen molar-refractivity contribution in [3.63, 3.8) is 0 Å². The minimum Gasteiger partial charge on any atom is -0.478 e. The zero-order valence-electron chi connectivity index (χ0n) is 8.56. The molecule has 0 atom stereocenters. The lowest BCUT2D eigenvalue weighted by molar-refractivity contribution is 0.0697. The quantitative estimate of drug-likeness (QED) is 0.888. The summed E-state index contributed by atoms with van der Waals surface area (Å²) in [5, 5.41) is 8.70. The Balaban J connectivity index is 2.30. The van der Waals surface area contributed by atoms with Crippen molar-refractivity contribution in [3.8, 4) is 11.3 Å². The first-order valence-electron chi connectivity index (χ1n) is 4.79. The zero-order chi connectivity index (χ0) is 12.4. The van der Waals surface area contributed by atoms with Gasteiger partial charge in [-0.2, -0.15) is 0 Å². The highest BCUT2D eigenvalue weighted by Gasteiger charge is 2.13. The van der Waals surface area contributed by atoms with Crippen LogP contribution in [0.3, 0.4) is 0 Å². The highest BCUT2D eigenvalue weighted by atomic mass is 19.3. The molecule has 0 fully saturated rings. The highest BCUT2D eigenvalue weighted by Crippen LogP contribution is 2.27. The lowest BCUT2D eigenvalue weighted by Gasteiger charge is -1.98. The van der Waals surface area contributed by atoms with Gasteiger partial charge in [-0.3, -0.25) is 0 Å². The van der Waals surface area contributed by atoms with Crippen LogP contribution in [0.2, 0.25) is 0 Å². The van der Waals surface area contributed by atoms with Gasteiger partial charge in [-0.25, -0.2) is 13.6 Å². The van der Waals surface area contributed by atoms with Gasteiger partial charge in [-0.05, 0) is 24.3 Å². The summed E-state index contributed by atoms with van der Waals surface area (Å²) in [6.07, 6.45) is -2.65. The van der Waals surface area contributed by atoms with Gasteiger partial charge < -0.3 is 9.52 Å². The van der Waals surface area contributed by atoms with Gasteiger partial charge >= 0.3 is 5.97 Å². The number of alkyl halides is 2. The number of carboxylic acids is 1. The van der Waals surface area contributed by atoms with Crippen LogP contribution in [0, 0.1) is 0 Å². The molecule has 0 aliphatic carbocycles. The highest BCUT2D eigenvalue weighted by molar-refractivity contribution is 5.88. The Morgan fingerprint density at radius 3 is 2.24 bits per heavy atom. The summed E-state index contributed by atoms with van der Waals surface area (Å²) in [6.45, 7) is 0. The normalized spacial score (nSPS) is 10.8. The number of carbonyl (C=O) groups is 1. The number of aromatic carboxylic acids is 1. The van der Waals surface area contributed by atoms with E-state index in [1.165, 1.54) is 36.4 Å². The van der Waals surface area contributed by atoms with E-state index in [0.717, 1.165) is 0 Å². The van der Waals surface area contributed by atoms with Crippen LogP contribution in [-0.4, -0.2) is 11.1 Å². The van der Waals surface area contributed by atoms with Crippen molar-refractivity contribution in [1.29, 1.82) is 0 Å². The molecule has 0 radical (unpaired) electrons. The molecule has 0 saturated heterocycles. The second-order valence-electron chi connectivity index (χ2n) is 3.39. The number of hydrogen-bond acceptors (Lipinski definition) is 2. The fourth-order valence-electron chi connectivity index (χ4n) is 1.40. The number of halogens is 2. The lowest BCUT2D eigenvalue weighted by atomic mass is 10.1. The molecule has 0 aliphatic heterocycles. The first-order valence-corrected chi connectivity index (χ1v) is 4.79. The molecule has 1 heterocycles. The van der Waals surface area contributed by atoms with E-state index in [-0.39, 0.29) is 11.3 Å². The third-order valence-corrected chi connectivity index (χ3v) is 2.26. The molecule has 0 amide bonds. The van der Waals surface area contributed by atoms with Gasteiger partial charge in [0, 0.05) is 5.56 Å². The fraction of sp³-hybridized carbons (Fsp3) is 0.0833. The molecule has 2 aromatic rings. The number of rotatable bonds is 3. The number of benzene rings is 1. The first kappa shape index (κ1) is 11.3. The Hall–Kier alpha value is -2.17. The van der Waals surface area contributed by atoms with Crippen LogP contribution in [0.15, 0.2) is 40.8 Å². The third kappa shape index (κ3) is 2.33. The van der Waals surface area contributed by atoms with Crippen molar-refractivity contribution in [1.82, 2.24) is 0 Å². The van der Waals surface area contributed by atoms with Gasteiger partial charge in [0.25, 0.3) is 6.43 Å². The van der Waals surface area contributed by atoms with Crippen molar-refractivity contribution >= 4 is 5.97 Å². The Kier molecular flexibility index (Phi) is 2.91. The summed E-state index contributed by atoms with van der Waals surface area (Å²) in [5.41, 5.74) is 0.691. The maximum atomic E-state index is 12.3. The maximum absolute atomic E-state index is 12.3. The minimum absolute atomic E-state index is 0.134. The van der Waals surface area contributed by atoms with Crippen LogP contribution in [0.5, 0.6) is 0 Å². The van der Waals surface area contributed by atoms with E-state index in [9.17, 15) is 13.6 Å². The van der Waals surface area contributed by atoms with Crippen LogP contribution in [0.25, 0.3) is 11.3 Å². The van der Waals surface area contributed by atoms with Crippen LogP contribution in [0.4, 0.5) is 8.78 Å². The molecule has 1 N–H and O–H groups in total. The van der Waals surface area contributed by atoms with Crippen LogP contribution in [0.1, 0.15) is 22.5 Å². The van der Waals surface area contributed by atoms with Crippen molar-refractivity contribution in [2.24, 2.45) is 0 Å². The molecular formula is C12H8F2O3. The Labute approximate surface area is 95.3 Å². The van der Waals surface area contributed by atoms with Gasteiger partial charge in [-0.1, -0.05) is 12.1 Å². The second kappa shape index (κ2) is 4.37. The predicted molar refractivity (Wildman–Crippen MR) is 56.1 cm³/mol. The molecule has 1 aromatic heterocycles. The van der Waals surface area contributed by atoms with Crippen LogP contribution >= 0.6 is 0 Å². The van der Waals surface area contributed by atoms with Gasteiger partial charge in [0.1, 0.15) is 5.76 Å². The van der Waals surface area contributed by atoms with Gasteiger partial charge in [-0.15, -0.1) is 0 Å². The van der Waals surface area contributed by atoms with E-state index < -0.39 is 18.2 Å². The predicted octanol–water partition coefficient (Wildman–Crippen LogP) is 3.58. The molecule has 0 saturated carbocycles. The number of hydrogen-bond donors (Lipinski definition) is 1. The monoisotopic (exact) mass is 238 g/mol. The second-order valence-corrected chi connectivity index (χ2v) is 3.39. The molecule has 5 heteroatoms. The van der Waals surface area contributed by atoms with E-state index in [1.54, 1.807) is 0 Å². The molecule has 0 unspecified atom stereocenters. The van der Waals surface area contributed by atoms with E-state index >= 15 is 0 Å². The van der Waals surface area contributed by atoms with Gasteiger partial charge in [0.05, 0.1) is 5.56 Å². The third-order valence-electron chi connectivity index (χ3n) is 2.26. The summed E-state index contributed by atoms with van der Waals surface area (Å²) in [7, 11) is 0. The standard InChI is InChI=1S/C12H8F2O3/c13-11(14)10-6-5-9(17-10)7-1-3-8(4-2-7)12(15)16/h1-6,11H,(H,15,16). The van der Waals surface area contributed by atoms with E-state index in [0.29, 0.717) is 5.56 Å². The fourth-order valence-corrected chi connectivity index (χ4v) is 1.40. The lowest BCUT2D eigenvalue weighted by Crippen LogP contribution is -1.94. The SMILES string of the molecule is O=C(O)c1ccc(-c2ccc(C(F)F)o2)cc1. The average Bonchev–Trinajstić information content (AvgIpc) is 2.78. The Morgan fingerprint density at radius 2 is 1.76 bits per heavy atom. The van der Waals surface area contributed by atoms with Crippen molar-refractivity contribution in [3.05, 3.63) is 47.7 Å². The first-order chi connectivity index (χ1) is 8.08. The smallest absolute Gasteiger partial charge is 0.335 e. The van der Waals surface area contributed by atoms with Crippen LogP contribution < -0.4 is 0 Å². The molecule has 0 bridgehead atoms. The minimum atomic E-state index is -2.65. The molecule has 17 heavy (non-hydrogen) atoms. The van der Waals surface area contributed by atoms with Crippen molar-refractivity contribution in [2.45, 2.75) is 6.43 Å². The summed E-state index contributed by atoms with van der Waals surface area (Å²) >= 11 is 0. The number of carboxylic acid groups (broad SMARTS) is 1. The van der Waals surface area contributed by atoms with Crippen LogP contribution in [-0.2, 0) is 0 Å². The largest absolute Gasteiger partial charge is 0.478 e. The summed E-state index contributed by atoms with van der Waals surface area (Å²) in [6, 6.07) is 8.43. The maximum Gasteiger partial charge on any atom is 0.335 e. The van der Waals surface area contributed by atoms with Crippen molar-refractivity contribution < 1.29 is 23.1 Å². The summed E-state index contributed by atoms with van der Waals surface area (Å²) in [4.78, 5) is 10.6. The summed E-state index contributed by atoms with van der Waals surface area (Å²) in [5.74, 6) is -1.15. The van der Waals surface area contributed by atoms with E-state index in [4.69, 9.17) is 9.52 Å². The van der Waals surface area contributed by atoms with Gasteiger partial charge in [0.2, 0.25) is 0 Å². The van der Waals surface area contributed by atoms with E-state index in [1.807, 2.05) is 0 Å². The molecular weight excluding hydrogens is 230 g/mol. The molecule has 3 nitrogen and oxygen atoms in total. The average molecular weight is 238 g/mol. The van der Waals surface area contributed by atoms with E-state index in [2.05, 4.69) is 0 Å².